The molecule has 1 aliphatic rings. The maximum Gasteiger partial charge on any atom is 0.294 e. The van der Waals surface area contributed by atoms with Gasteiger partial charge < -0.3 is 19.5 Å². The molecule has 0 spiro atoms. The molecule has 0 radical (unpaired) electrons. The van der Waals surface area contributed by atoms with Crippen molar-refractivity contribution in [3.63, 3.8) is 0 Å². The lowest BCUT2D eigenvalue weighted by Gasteiger charge is -2.14. The summed E-state index contributed by atoms with van der Waals surface area (Å²) < 4.78 is 16.6. The summed E-state index contributed by atoms with van der Waals surface area (Å²) in [6, 6.07) is 19.2. The number of methoxy groups -OCH3 is 2. The van der Waals surface area contributed by atoms with Gasteiger partial charge in [-0.1, -0.05) is 35.9 Å². The molecule has 10 heteroatoms. The van der Waals surface area contributed by atoms with E-state index >= 15 is 0 Å². The van der Waals surface area contributed by atoms with Crippen molar-refractivity contribution in [2.24, 2.45) is 0 Å². The number of carbonyl (C=O) groups excluding carboxylic acids is 3. The molecule has 8 nitrogen and oxygen atoms in total. The maximum absolute atomic E-state index is 13.0. The molecule has 3 aromatic carbocycles. The first-order valence-electron chi connectivity index (χ1n) is 11.1. The first kappa shape index (κ1) is 26.1. The summed E-state index contributed by atoms with van der Waals surface area (Å²) in [5.74, 6) is 0.473. The van der Waals surface area contributed by atoms with Gasteiger partial charge in [-0.2, -0.15) is 0 Å². The molecule has 0 aliphatic carbocycles. The second-order valence-corrected chi connectivity index (χ2v) is 9.27. The normalized spacial score (nSPS) is 14.1. The van der Waals surface area contributed by atoms with E-state index in [1.165, 1.54) is 7.11 Å². The van der Waals surface area contributed by atoms with Crippen molar-refractivity contribution in [1.29, 1.82) is 0 Å². The van der Waals surface area contributed by atoms with E-state index in [1.807, 2.05) is 12.1 Å². The average molecular weight is 539 g/mol. The molecule has 4 rings (SSSR count). The number of benzene rings is 3. The van der Waals surface area contributed by atoms with Gasteiger partial charge in [0, 0.05) is 16.3 Å². The Bertz CT molecular complexity index is 1340. The molecule has 190 valence electrons. The monoisotopic (exact) mass is 538 g/mol. The lowest BCUT2D eigenvalue weighted by atomic mass is 10.1. The number of nitrogens with zero attached hydrogens (tertiary/aromatic N) is 1. The Hall–Kier alpha value is -3.95. The fraction of sp³-hybridized carbons (Fsp3) is 0.148. The zero-order chi connectivity index (χ0) is 26.4. The number of carbonyl (C=O) groups is 3. The van der Waals surface area contributed by atoms with Gasteiger partial charge in [0.1, 0.15) is 18.9 Å². The predicted molar refractivity (Wildman–Crippen MR) is 143 cm³/mol. The van der Waals surface area contributed by atoms with E-state index in [1.54, 1.807) is 67.8 Å². The van der Waals surface area contributed by atoms with Crippen LogP contribution in [0.2, 0.25) is 5.02 Å². The van der Waals surface area contributed by atoms with Gasteiger partial charge >= 0.3 is 0 Å². The van der Waals surface area contributed by atoms with Crippen molar-refractivity contribution in [2.75, 3.05) is 26.1 Å². The first-order chi connectivity index (χ1) is 17.9. The van der Waals surface area contributed by atoms with Crippen LogP contribution in [0.3, 0.4) is 0 Å². The van der Waals surface area contributed by atoms with E-state index in [-0.39, 0.29) is 11.5 Å². The highest BCUT2D eigenvalue weighted by Crippen LogP contribution is 2.37. The van der Waals surface area contributed by atoms with Gasteiger partial charge in [0.05, 0.1) is 19.1 Å². The maximum atomic E-state index is 13.0. The Labute approximate surface area is 223 Å². The van der Waals surface area contributed by atoms with E-state index in [9.17, 15) is 14.4 Å². The standard InChI is InChI=1S/C27H23ClN2O6S/c1-34-21-12-10-20(11-13-21)29-24(31)15-30-26(32)23(37-27(30)33)14-18-4-3-5-22(35-2)25(18)36-16-17-6-8-19(28)9-7-17/h3-14H,15-16H2,1-2H3,(H,29,31)/b23-14+. The van der Waals surface area contributed by atoms with Crippen LogP contribution in [0.25, 0.3) is 6.08 Å². The second-order valence-electron chi connectivity index (χ2n) is 7.84. The van der Waals surface area contributed by atoms with Crippen molar-refractivity contribution in [2.45, 2.75) is 6.61 Å². The molecule has 37 heavy (non-hydrogen) atoms. The summed E-state index contributed by atoms with van der Waals surface area (Å²) in [4.78, 5) is 39.1. The Balaban J connectivity index is 1.48. The second kappa shape index (κ2) is 11.9. The molecule has 1 heterocycles. The number of nitrogens with one attached hydrogen (secondary N) is 1. The van der Waals surface area contributed by atoms with Crippen LogP contribution >= 0.6 is 23.4 Å². The quantitative estimate of drug-likeness (QED) is 0.354. The zero-order valence-corrected chi connectivity index (χ0v) is 21.6. The largest absolute Gasteiger partial charge is 0.497 e. The van der Waals surface area contributed by atoms with Gasteiger partial charge in [-0.15, -0.1) is 0 Å². The predicted octanol–water partition coefficient (Wildman–Crippen LogP) is 5.61. The molecule has 0 atom stereocenters. The van der Waals surface area contributed by atoms with Gasteiger partial charge in [0.2, 0.25) is 5.91 Å². The molecule has 1 saturated heterocycles. The fourth-order valence-electron chi connectivity index (χ4n) is 3.49. The molecule has 0 bridgehead atoms. The number of ether oxygens (including phenoxy) is 3. The van der Waals surface area contributed by atoms with Crippen molar-refractivity contribution < 1.29 is 28.6 Å². The molecule has 1 fully saturated rings. The highest BCUT2D eigenvalue weighted by Gasteiger charge is 2.36. The van der Waals surface area contributed by atoms with Gasteiger partial charge in [0.25, 0.3) is 11.1 Å². The van der Waals surface area contributed by atoms with Crippen LogP contribution in [0.15, 0.2) is 71.6 Å². The smallest absolute Gasteiger partial charge is 0.294 e. The Kier molecular flexibility index (Phi) is 8.37. The zero-order valence-electron chi connectivity index (χ0n) is 20.0. The molecule has 1 N–H and O–H groups in total. The lowest BCUT2D eigenvalue weighted by Crippen LogP contribution is -2.36. The van der Waals surface area contributed by atoms with Crippen molar-refractivity contribution in [3.8, 4) is 17.2 Å². The third kappa shape index (κ3) is 6.44. The summed E-state index contributed by atoms with van der Waals surface area (Å²) in [5.41, 5.74) is 1.97. The minimum atomic E-state index is -0.564. The van der Waals surface area contributed by atoms with Crippen molar-refractivity contribution >= 4 is 52.2 Å². The number of anilines is 1. The molecule has 3 aromatic rings. The lowest BCUT2D eigenvalue weighted by molar-refractivity contribution is -0.127. The number of para-hydroxylation sites is 1. The van der Waals surface area contributed by atoms with Gasteiger partial charge in [-0.3, -0.25) is 19.3 Å². The SMILES string of the molecule is COc1ccc(NC(=O)CN2C(=O)S/C(=C/c3cccc(OC)c3OCc3ccc(Cl)cc3)C2=O)cc1. The minimum absolute atomic E-state index is 0.173. The number of thioether (sulfide) groups is 1. The van der Waals surface area contributed by atoms with Crippen molar-refractivity contribution in [3.05, 3.63) is 87.8 Å². The fourth-order valence-corrected chi connectivity index (χ4v) is 4.45. The Morgan fingerprint density at radius 2 is 1.73 bits per heavy atom. The Morgan fingerprint density at radius 3 is 2.41 bits per heavy atom. The number of imide groups is 1. The van der Waals surface area contributed by atoms with E-state index in [0.29, 0.717) is 33.5 Å². The number of halogens is 1. The summed E-state index contributed by atoms with van der Waals surface area (Å²) >= 11 is 6.71. The minimum Gasteiger partial charge on any atom is -0.497 e. The number of amides is 3. The van der Waals surface area contributed by atoms with Crippen LogP contribution in [-0.4, -0.2) is 42.7 Å². The highest BCUT2D eigenvalue weighted by molar-refractivity contribution is 8.18. The van der Waals surface area contributed by atoms with E-state index in [2.05, 4.69) is 5.32 Å². The van der Waals surface area contributed by atoms with Crippen LogP contribution < -0.4 is 19.5 Å². The number of rotatable bonds is 9. The molecule has 0 unspecified atom stereocenters. The summed E-state index contributed by atoms with van der Waals surface area (Å²) in [6.07, 6.45) is 1.56. The third-order valence-corrected chi connectivity index (χ3v) is 6.52. The van der Waals surface area contributed by atoms with Crippen LogP contribution in [-0.2, 0) is 16.2 Å². The molecular formula is C27H23ClN2O6S. The topological polar surface area (TPSA) is 94.2 Å². The van der Waals surface area contributed by atoms with E-state index in [0.717, 1.165) is 22.2 Å². The van der Waals surface area contributed by atoms with Crippen LogP contribution in [0, 0.1) is 0 Å². The molecule has 1 aliphatic heterocycles. The summed E-state index contributed by atoms with van der Waals surface area (Å²) in [5, 5.41) is 2.76. The third-order valence-electron chi connectivity index (χ3n) is 5.36. The van der Waals surface area contributed by atoms with Crippen molar-refractivity contribution in [1.82, 2.24) is 4.90 Å². The summed E-state index contributed by atoms with van der Waals surface area (Å²) in [6.45, 7) is -0.169. The molecular weight excluding hydrogens is 516 g/mol. The van der Waals surface area contributed by atoms with Gasteiger partial charge in [-0.25, -0.2) is 0 Å². The van der Waals surface area contributed by atoms with Crippen LogP contribution in [0.4, 0.5) is 10.5 Å². The molecule has 3 amide bonds. The number of hydrogen-bond donors (Lipinski definition) is 1. The molecule has 0 aromatic heterocycles. The van der Waals surface area contributed by atoms with Gasteiger partial charge in [-0.05, 0) is 65.9 Å². The average Bonchev–Trinajstić information content (AvgIpc) is 3.16. The molecule has 0 saturated carbocycles. The summed E-state index contributed by atoms with van der Waals surface area (Å²) in [7, 11) is 3.06. The first-order valence-corrected chi connectivity index (χ1v) is 12.3. The highest BCUT2D eigenvalue weighted by atomic mass is 35.5. The van der Waals surface area contributed by atoms with Crippen LogP contribution in [0.5, 0.6) is 17.2 Å². The van der Waals surface area contributed by atoms with Gasteiger partial charge in [0.15, 0.2) is 11.5 Å². The van der Waals surface area contributed by atoms with E-state index in [4.69, 9.17) is 25.8 Å². The Morgan fingerprint density at radius 1 is 1.00 bits per heavy atom. The number of hydrogen-bond acceptors (Lipinski definition) is 7. The van der Waals surface area contributed by atoms with E-state index < -0.39 is 23.6 Å². The van der Waals surface area contributed by atoms with Crippen LogP contribution in [0.1, 0.15) is 11.1 Å².